The number of amides is 1. The highest BCUT2D eigenvalue weighted by molar-refractivity contribution is 7.80. The van der Waals surface area contributed by atoms with E-state index in [2.05, 4.69) is 16.0 Å². The lowest BCUT2D eigenvalue weighted by Gasteiger charge is -2.50. The van der Waals surface area contributed by atoms with Crippen molar-refractivity contribution in [1.82, 2.24) is 10.6 Å². The molecule has 0 spiro atoms. The van der Waals surface area contributed by atoms with Gasteiger partial charge in [-0.1, -0.05) is 29.8 Å². The summed E-state index contributed by atoms with van der Waals surface area (Å²) < 4.78 is 6.13. The Morgan fingerprint density at radius 3 is 2.72 bits per heavy atom. The highest BCUT2D eigenvalue weighted by atomic mass is 35.5. The Labute approximate surface area is 155 Å². The molecular weight excluding hydrogens is 358 g/mol. The summed E-state index contributed by atoms with van der Waals surface area (Å²) in [6, 6.07) is 14.4. The molecule has 1 amide bonds. The molecule has 0 radical (unpaired) electrons. The Morgan fingerprint density at radius 1 is 1.24 bits per heavy atom. The van der Waals surface area contributed by atoms with E-state index in [1.54, 1.807) is 24.3 Å². The van der Waals surface area contributed by atoms with Gasteiger partial charge in [0.25, 0.3) is 0 Å². The molecule has 5 nitrogen and oxygen atoms in total. The molecular formula is C18H16ClN3O2S. The lowest BCUT2D eigenvalue weighted by Crippen LogP contribution is -2.70. The molecule has 0 saturated carbocycles. The molecule has 2 bridgehead atoms. The molecule has 2 aromatic rings. The number of benzene rings is 2. The first-order valence-corrected chi connectivity index (χ1v) is 8.68. The van der Waals surface area contributed by atoms with Crippen LogP contribution in [0, 0.1) is 5.92 Å². The van der Waals surface area contributed by atoms with Crippen LogP contribution in [0.5, 0.6) is 5.75 Å². The summed E-state index contributed by atoms with van der Waals surface area (Å²) >= 11 is 11.2. The fourth-order valence-corrected chi connectivity index (χ4v) is 3.90. The van der Waals surface area contributed by atoms with Gasteiger partial charge >= 0.3 is 0 Å². The standard InChI is InChI=1S/C18H16ClN3O2S/c1-18-14(16(23)20-11-8-6-10(19)7-9-11)15(21-17(25)22-18)12-4-2-3-5-13(12)24-18/h2-9,14-15H,1H3,(H,20,23)(H2,21,22,25)/t14-,15+,18+/m1/s1. The number of carbonyl (C=O) groups excluding carboxylic acids is 1. The largest absolute Gasteiger partial charge is 0.467 e. The first kappa shape index (κ1) is 16.2. The molecule has 0 unspecified atom stereocenters. The summed E-state index contributed by atoms with van der Waals surface area (Å²) in [6.45, 7) is 1.84. The van der Waals surface area contributed by atoms with Crippen molar-refractivity contribution < 1.29 is 9.53 Å². The van der Waals surface area contributed by atoms with Gasteiger partial charge < -0.3 is 20.7 Å². The Hall–Kier alpha value is -2.31. The highest BCUT2D eigenvalue weighted by Gasteiger charge is 2.54. The Kier molecular flexibility index (Phi) is 3.81. The van der Waals surface area contributed by atoms with E-state index >= 15 is 0 Å². The number of carbonyl (C=O) groups is 1. The van der Waals surface area contributed by atoms with Crippen molar-refractivity contribution in [3.8, 4) is 5.75 Å². The van der Waals surface area contributed by atoms with Gasteiger partial charge in [0, 0.05) is 16.3 Å². The average molecular weight is 374 g/mol. The third kappa shape index (κ3) is 2.81. The zero-order valence-corrected chi connectivity index (χ0v) is 14.9. The third-order valence-corrected chi connectivity index (χ3v) is 5.02. The maximum absolute atomic E-state index is 13.0. The van der Waals surface area contributed by atoms with Crippen LogP contribution >= 0.6 is 23.8 Å². The third-order valence-electron chi connectivity index (χ3n) is 4.55. The average Bonchev–Trinajstić information content (AvgIpc) is 2.55. The van der Waals surface area contributed by atoms with Crippen LogP contribution in [0.25, 0.3) is 0 Å². The van der Waals surface area contributed by atoms with Crippen molar-refractivity contribution in [3.05, 3.63) is 59.1 Å². The van der Waals surface area contributed by atoms with Crippen LogP contribution in [-0.2, 0) is 4.79 Å². The molecule has 3 N–H and O–H groups in total. The number of thiocarbonyl (C=S) groups is 1. The van der Waals surface area contributed by atoms with Crippen LogP contribution in [-0.4, -0.2) is 16.7 Å². The van der Waals surface area contributed by atoms with E-state index in [9.17, 15) is 4.79 Å². The van der Waals surface area contributed by atoms with Crippen molar-refractivity contribution >= 4 is 40.5 Å². The predicted octanol–water partition coefficient (Wildman–Crippen LogP) is 3.22. The second-order valence-corrected chi connectivity index (χ2v) is 7.14. The van der Waals surface area contributed by atoms with Gasteiger partial charge in [-0.3, -0.25) is 4.79 Å². The highest BCUT2D eigenvalue weighted by Crippen LogP contribution is 2.44. The van der Waals surface area contributed by atoms with Gasteiger partial charge in [0.05, 0.1) is 6.04 Å². The molecule has 2 aliphatic heterocycles. The van der Waals surface area contributed by atoms with Gasteiger partial charge in [-0.25, -0.2) is 0 Å². The van der Waals surface area contributed by atoms with E-state index in [-0.39, 0.29) is 11.9 Å². The van der Waals surface area contributed by atoms with E-state index in [0.29, 0.717) is 15.8 Å². The maximum Gasteiger partial charge on any atom is 0.236 e. The smallest absolute Gasteiger partial charge is 0.236 e. The SMILES string of the molecule is C[C@]12NC(=S)N[C@@H](c3ccccc3O1)[C@@H]2C(=O)Nc1ccc(Cl)cc1. The minimum atomic E-state index is -0.933. The Bertz CT molecular complexity index is 858. The normalized spacial score (nSPS) is 26.6. The van der Waals surface area contributed by atoms with Crippen LogP contribution in [0.1, 0.15) is 18.5 Å². The van der Waals surface area contributed by atoms with Crippen molar-refractivity contribution in [2.45, 2.75) is 18.7 Å². The first-order valence-electron chi connectivity index (χ1n) is 7.89. The minimum absolute atomic E-state index is 0.160. The molecule has 2 aromatic carbocycles. The zero-order chi connectivity index (χ0) is 17.6. The molecule has 2 aliphatic rings. The predicted molar refractivity (Wildman–Crippen MR) is 101 cm³/mol. The fraction of sp³-hybridized carbons (Fsp3) is 0.222. The fourth-order valence-electron chi connectivity index (χ4n) is 3.44. The first-order chi connectivity index (χ1) is 12.0. The number of anilines is 1. The Morgan fingerprint density at radius 2 is 1.96 bits per heavy atom. The van der Waals surface area contributed by atoms with Gasteiger partial charge in [0.2, 0.25) is 5.91 Å². The number of para-hydroxylation sites is 1. The van der Waals surface area contributed by atoms with E-state index in [0.717, 1.165) is 11.3 Å². The molecule has 1 fully saturated rings. The summed E-state index contributed by atoms with van der Waals surface area (Å²) in [5.41, 5.74) is 0.662. The number of ether oxygens (including phenoxy) is 1. The molecule has 0 aliphatic carbocycles. The van der Waals surface area contributed by atoms with E-state index in [1.807, 2.05) is 31.2 Å². The lowest BCUT2D eigenvalue weighted by molar-refractivity contribution is -0.132. The number of hydrogen-bond donors (Lipinski definition) is 3. The van der Waals surface area contributed by atoms with Crippen molar-refractivity contribution in [3.63, 3.8) is 0 Å². The molecule has 2 heterocycles. The van der Waals surface area contributed by atoms with Gasteiger partial charge in [-0.05, 0) is 49.5 Å². The maximum atomic E-state index is 13.0. The molecule has 4 rings (SSSR count). The molecule has 128 valence electrons. The second-order valence-electron chi connectivity index (χ2n) is 6.30. The number of halogens is 1. The van der Waals surface area contributed by atoms with Crippen LogP contribution in [0.4, 0.5) is 5.69 Å². The van der Waals surface area contributed by atoms with Crippen LogP contribution in [0.3, 0.4) is 0 Å². The van der Waals surface area contributed by atoms with Gasteiger partial charge in [-0.15, -0.1) is 0 Å². The molecule has 3 atom stereocenters. The van der Waals surface area contributed by atoms with E-state index in [4.69, 9.17) is 28.6 Å². The summed E-state index contributed by atoms with van der Waals surface area (Å²) in [4.78, 5) is 13.0. The topological polar surface area (TPSA) is 62.4 Å². The van der Waals surface area contributed by atoms with Gasteiger partial charge in [0.1, 0.15) is 11.7 Å². The summed E-state index contributed by atoms with van der Waals surface area (Å²) in [5, 5.41) is 10.3. The van der Waals surface area contributed by atoms with Crippen molar-refractivity contribution in [1.29, 1.82) is 0 Å². The number of rotatable bonds is 2. The van der Waals surface area contributed by atoms with Crippen LogP contribution in [0.15, 0.2) is 48.5 Å². The van der Waals surface area contributed by atoms with Gasteiger partial charge in [-0.2, -0.15) is 0 Å². The number of nitrogens with one attached hydrogen (secondary N) is 3. The van der Waals surface area contributed by atoms with E-state index < -0.39 is 11.6 Å². The van der Waals surface area contributed by atoms with Crippen LogP contribution in [0.2, 0.25) is 5.02 Å². The monoisotopic (exact) mass is 373 g/mol. The molecule has 25 heavy (non-hydrogen) atoms. The molecule has 1 saturated heterocycles. The zero-order valence-electron chi connectivity index (χ0n) is 13.4. The summed E-state index contributed by atoms with van der Waals surface area (Å²) in [5.74, 6) is 0.0737. The number of hydrogen-bond acceptors (Lipinski definition) is 3. The Balaban J connectivity index is 1.69. The van der Waals surface area contributed by atoms with E-state index in [1.165, 1.54) is 0 Å². The van der Waals surface area contributed by atoms with Crippen molar-refractivity contribution in [2.24, 2.45) is 5.92 Å². The summed E-state index contributed by atoms with van der Waals surface area (Å²) in [6.07, 6.45) is 0. The van der Waals surface area contributed by atoms with Crippen molar-refractivity contribution in [2.75, 3.05) is 5.32 Å². The number of fused-ring (bicyclic) bond motifs is 4. The quantitative estimate of drug-likeness (QED) is 0.705. The molecule has 0 aromatic heterocycles. The minimum Gasteiger partial charge on any atom is -0.467 e. The van der Waals surface area contributed by atoms with Crippen LogP contribution < -0.4 is 20.7 Å². The second kappa shape index (κ2) is 5.89. The summed E-state index contributed by atoms with van der Waals surface area (Å²) in [7, 11) is 0. The van der Waals surface area contributed by atoms with Gasteiger partial charge in [0.15, 0.2) is 10.8 Å². The molecule has 7 heteroatoms. The lowest BCUT2D eigenvalue weighted by atomic mass is 9.80.